The van der Waals surface area contributed by atoms with Crippen LogP contribution in [0, 0.1) is 0 Å². The van der Waals surface area contributed by atoms with Crippen molar-refractivity contribution in [1.29, 1.82) is 0 Å². The number of nitrogens with zero attached hydrogens (tertiary/aromatic N) is 1. The van der Waals surface area contributed by atoms with E-state index in [1.807, 2.05) is 0 Å². The standard InChI is InChI=1S/C14H26N2O6/c1-14(2,3)22-13(21)10(6-4-5-7-15)16(8-11(17)18)9-12(19)20/h10H,4-9,15H2,1-3H3,(H,17,18)(H,19,20). The first-order valence-electron chi connectivity index (χ1n) is 7.17. The Morgan fingerprint density at radius 1 is 1.09 bits per heavy atom. The molecule has 8 nitrogen and oxygen atoms in total. The Bertz CT molecular complexity index is 375. The van der Waals surface area contributed by atoms with Gasteiger partial charge in [0.2, 0.25) is 0 Å². The number of carboxylic acid groups (broad SMARTS) is 2. The Morgan fingerprint density at radius 2 is 1.59 bits per heavy atom. The van der Waals surface area contributed by atoms with E-state index in [2.05, 4.69) is 0 Å². The molecule has 128 valence electrons. The van der Waals surface area contributed by atoms with E-state index in [0.29, 0.717) is 25.8 Å². The molecule has 0 spiro atoms. The third-order valence-electron chi connectivity index (χ3n) is 2.73. The number of unbranched alkanes of at least 4 members (excludes halogenated alkanes) is 1. The lowest BCUT2D eigenvalue weighted by atomic mass is 10.1. The highest BCUT2D eigenvalue weighted by Crippen LogP contribution is 2.16. The van der Waals surface area contributed by atoms with E-state index < -0.39 is 42.6 Å². The van der Waals surface area contributed by atoms with Crippen LogP contribution in [0.15, 0.2) is 0 Å². The summed E-state index contributed by atoms with van der Waals surface area (Å²) in [5, 5.41) is 17.8. The van der Waals surface area contributed by atoms with E-state index in [0.717, 1.165) is 4.90 Å². The van der Waals surface area contributed by atoms with Crippen LogP contribution in [0.3, 0.4) is 0 Å². The van der Waals surface area contributed by atoms with Gasteiger partial charge in [0.1, 0.15) is 11.6 Å². The Hall–Kier alpha value is -1.67. The number of ether oxygens (including phenoxy) is 1. The molecule has 0 saturated carbocycles. The molecule has 0 rings (SSSR count). The van der Waals surface area contributed by atoms with E-state index in [1.54, 1.807) is 20.8 Å². The Morgan fingerprint density at radius 3 is 1.95 bits per heavy atom. The van der Waals surface area contributed by atoms with Gasteiger partial charge in [-0.1, -0.05) is 6.42 Å². The summed E-state index contributed by atoms with van der Waals surface area (Å²) in [6, 6.07) is -0.919. The number of rotatable bonds is 10. The number of aliphatic carboxylic acids is 2. The lowest BCUT2D eigenvalue weighted by Crippen LogP contribution is -2.48. The molecule has 0 saturated heterocycles. The van der Waals surface area contributed by atoms with Gasteiger partial charge >= 0.3 is 17.9 Å². The van der Waals surface area contributed by atoms with Gasteiger partial charge in [0, 0.05) is 0 Å². The van der Waals surface area contributed by atoms with E-state index in [1.165, 1.54) is 0 Å². The largest absolute Gasteiger partial charge is 0.480 e. The summed E-state index contributed by atoms with van der Waals surface area (Å²) in [6.07, 6.45) is 1.54. The maximum absolute atomic E-state index is 12.3. The first-order valence-corrected chi connectivity index (χ1v) is 7.17. The second-order valence-corrected chi connectivity index (χ2v) is 6.03. The summed E-state index contributed by atoms with van der Waals surface area (Å²) in [6.45, 7) is 4.44. The Kier molecular flexibility index (Phi) is 8.66. The highest BCUT2D eigenvalue weighted by Gasteiger charge is 2.32. The van der Waals surface area contributed by atoms with E-state index in [9.17, 15) is 14.4 Å². The second-order valence-electron chi connectivity index (χ2n) is 6.03. The maximum atomic E-state index is 12.3. The van der Waals surface area contributed by atoms with Crippen molar-refractivity contribution in [3.05, 3.63) is 0 Å². The molecular weight excluding hydrogens is 292 g/mol. The third-order valence-corrected chi connectivity index (χ3v) is 2.73. The van der Waals surface area contributed by atoms with E-state index in [-0.39, 0.29) is 0 Å². The molecular formula is C14H26N2O6. The Labute approximate surface area is 130 Å². The normalized spacial score (nSPS) is 13.0. The molecule has 22 heavy (non-hydrogen) atoms. The predicted octanol–water partition coefficient (Wildman–Crippen LogP) is 0.297. The van der Waals surface area contributed by atoms with Crippen molar-refractivity contribution in [3.63, 3.8) is 0 Å². The molecule has 1 unspecified atom stereocenters. The van der Waals surface area contributed by atoms with Gasteiger partial charge in [0.25, 0.3) is 0 Å². The summed E-state index contributed by atoms with van der Waals surface area (Å²) < 4.78 is 5.28. The van der Waals surface area contributed by atoms with Crippen LogP contribution >= 0.6 is 0 Å². The molecule has 0 amide bonds. The fourth-order valence-electron chi connectivity index (χ4n) is 1.93. The van der Waals surface area contributed by atoms with Gasteiger partial charge in [0.15, 0.2) is 0 Å². The summed E-state index contributed by atoms with van der Waals surface area (Å²) in [7, 11) is 0. The zero-order valence-electron chi connectivity index (χ0n) is 13.4. The SMILES string of the molecule is CC(C)(C)OC(=O)C(CCCCN)N(CC(=O)O)CC(=O)O. The van der Waals surface area contributed by atoms with Crippen molar-refractivity contribution in [1.82, 2.24) is 4.90 Å². The van der Waals surface area contributed by atoms with Crippen LogP contribution in [0.5, 0.6) is 0 Å². The van der Waals surface area contributed by atoms with Crippen molar-refractivity contribution >= 4 is 17.9 Å². The average Bonchev–Trinajstić information content (AvgIpc) is 2.30. The van der Waals surface area contributed by atoms with Gasteiger partial charge in [-0.2, -0.15) is 0 Å². The average molecular weight is 318 g/mol. The smallest absolute Gasteiger partial charge is 0.323 e. The molecule has 0 bridgehead atoms. The quantitative estimate of drug-likeness (QED) is 0.387. The van der Waals surface area contributed by atoms with E-state index in [4.69, 9.17) is 20.7 Å². The topological polar surface area (TPSA) is 130 Å². The summed E-state index contributed by atoms with van der Waals surface area (Å²) in [5.41, 5.74) is 4.68. The first kappa shape index (κ1) is 20.3. The van der Waals surface area contributed by atoms with Crippen LogP contribution in [0.1, 0.15) is 40.0 Å². The minimum atomic E-state index is -1.20. The monoisotopic (exact) mass is 318 g/mol. The van der Waals surface area contributed by atoms with Gasteiger partial charge in [-0.15, -0.1) is 0 Å². The van der Waals surface area contributed by atoms with E-state index >= 15 is 0 Å². The van der Waals surface area contributed by atoms with Crippen LogP contribution in [-0.2, 0) is 19.1 Å². The highest BCUT2D eigenvalue weighted by atomic mass is 16.6. The van der Waals surface area contributed by atoms with Gasteiger partial charge in [-0.05, 0) is 40.2 Å². The van der Waals surface area contributed by atoms with Gasteiger partial charge < -0.3 is 20.7 Å². The molecule has 0 heterocycles. The molecule has 0 aromatic carbocycles. The molecule has 8 heteroatoms. The number of carbonyl (C=O) groups is 3. The maximum Gasteiger partial charge on any atom is 0.323 e. The van der Waals surface area contributed by atoms with Gasteiger partial charge in [0.05, 0.1) is 13.1 Å². The number of carboxylic acids is 2. The molecule has 0 fully saturated rings. The fraction of sp³-hybridized carbons (Fsp3) is 0.786. The first-order chi connectivity index (χ1) is 10.1. The van der Waals surface area contributed by atoms with Crippen molar-refractivity contribution in [2.75, 3.05) is 19.6 Å². The van der Waals surface area contributed by atoms with Gasteiger partial charge in [-0.3, -0.25) is 19.3 Å². The zero-order chi connectivity index (χ0) is 17.3. The number of hydrogen-bond donors (Lipinski definition) is 3. The molecule has 1 atom stereocenters. The molecule has 0 aliphatic heterocycles. The lowest BCUT2D eigenvalue weighted by molar-refractivity contribution is -0.163. The summed E-state index contributed by atoms with van der Waals surface area (Å²) in [5.74, 6) is -3.02. The lowest BCUT2D eigenvalue weighted by Gasteiger charge is -2.30. The molecule has 0 radical (unpaired) electrons. The van der Waals surface area contributed by atoms with Crippen LogP contribution in [0.25, 0.3) is 0 Å². The molecule has 4 N–H and O–H groups in total. The third kappa shape index (κ3) is 9.30. The molecule has 0 aromatic heterocycles. The molecule has 0 aliphatic carbocycles. The van der Waals surface area contributed by atoms with Crippen molar-refractivity contribution in [2.24, 2.45) is 5.73 Å². The summed E-state index contributed by atoms with van der Waals surface area (Å²) >= 11 is 0. The van der Waals surface area contributed by atoms with Crippen LogP contribution in [-0.4, -0.2) is 64.3 Å². The van der Waals surface area contributed by atoms with Crippen LogP contribution in [0.2, 0.25) is 0 Å². The summed E-state index contributed by atoms with van der Waals surface area (Å²) in [4.78, 5) is 35.2. The van der Waals surface area contributed by atoms with Crippen molar-refractivity contribution < 1.29 is 29.3 Å². The van der Waals surface area contributed by atoms with Crippen LogP contribution in [0.4, 0.5) is 0 Å². The number of nitrogens with two attached hydrogens (primary N) is 1. The molecule has 0 aliphatic rings. The number of hydrogen-bond acceptors (Lipinski definition) is 6. The number of carbonyl (C=O) groups excluding carboxylic acids is 1. The molecule has 0 aromatic rings. The second kappa shape index (κ2) is 9.37. The predicted molar refractivity (Wildman–Crippen MR) is 79.4 cm³/mol. The van der Waals surface area contributed by atoms with Crippen molar-refractivity contribution in [3.8, 4) is 0 Å². The number of esters is 1. The van der Waals surface area contributed by atoms with Crippen molar-refractivity contribution in [2.45, 2.75) is 51.7 Å². The fourth-order valence-corrected chi connectivity index (χ4v) is 1.93. The zero-order valence-corrected chi connectivity index (χ0v) is 13.4. The van der Waals surface area contributed by atoms with Gasteiger partial charge in [-0.25, -0.2) is 0 Å². The Balaban J connectivity index is 5.14. The highest BCUT2D eigenvalue weighted by molar-refractivity contribution is 5.79. The van der Waals surface area contributed by atoms with Crippen LogP contribution < -0.4 is 5.73 Å². The minimum Gasteiger partial charge on any atom is -0.480 e. The minimum absolute atomic E-state index is 0.298.